The third kappa shape index (κ3) is 3.41. The molecular formula is C25H25BrN6O2. The summed E-state index contributed by atoms with van der Waals surface area (Å²) in [6.45, 7) is 2.01. The highest BCUT2D eigenvalue weighted by Crippen LogP contribution is 2.50. The van der Waals surface area contributed by atoms with Crippen molar-refractivity contribution in [3.63, 3.8) is 0 Å². The predicted octanol–water partition coefficient (Wildman–Crippen LogP) is 3.07. The molecule has 1 fully saturated rings. The normalized spacial score (nSPS) is 25.6. The van der Waals surface area contributed by atoms with E-state index in [9.17, 15) is 10.2 Å². The lowest BCUT2D eigenvalue weighted by molar-refractivity contribution is -0.0247. The highest BCUT2D eigenvalue weighted by molar-refractivity contribution is 9.10. The maximum absolute atomic E-state index is 11.2. The van der Waals surface area contributed by atoms with Gasteiger partial charge in [0, 0.05) is 11.6 Å². The SMILES string of the molecule is C#C[C@]1(C(C)Cc2ccc3cc(Br)c(N)nc3c2)C[C@@H](n2ccc3c(N)ncnc32)[C@H](O)[C@@H]1O. The molecule has 0 amide bonds. The fourth-order valence-corrected chi connectivity index (χ4v) is 5.60. The third-order valence-electron chi connectivity index (χ3n) is 7.24. The van der Waals surface area contributed by atoms with Gasteiger partial charge in [0.15, 0.2) is 0 Å². The molecule has 0 aliphatic heterocycles. The van der Waals surface area contributed by atoms with Gasteiger partial charge in [-0.2, -0.15) is 0 Å². The molecule has 1 aliphatic rings. The van der Waals surface area contributed by atoms with Crippen LogP contribution in [-0.2, 0) is 6.42 Å². The van der Waals surface area contributed by atoms with Gasteiger partial charge in [0.2, 0.25) is 0 Å². The monoisotopic (exact) mass is 520 g/mol. The number of aliphatic hydroxyl groups is 2. The number of hydrogen-bond donors (Lipinski definition) is 4. The van der Waals surface area contributed by atoms with Crippen molar-refractivity contribution in [3.05, 3.63) is 52.9 Å². The Bertz CT molecular complexity index is 1450. The Labute approximate surface area is 205 Å². The van der Waals surface area contributed by atoms with E-state index in [0.29, 0.717) is 35.5 Å². The number of nitrogen functional groups attached to an aromatic ring is 2. The van der Waals surface area contributed by atoms with Gasteiger partial charge in [-0.25, -0.2) is 15.0 Å². The zero-order valence-electron chi connectivity index (χ0n) is 18.6. The predicted molar refractivity (Wildman–Crippen MR) is 136 cm³/mol. The summed E-state index contributed by atoms with van der Waals surface area (Å²) >= 11 is 3.41. The van der Waals surface area contributed by atoms with Gasteiger partial charge in [0.25, 0.3) is 0 Å². The molecule has 8 nitrogen and oxygen atoms in total. The van der Waals surface area contributed by atoms with Crippen LogP contribution in [0.2, 0.25) is 0 Å². The maximum Gasteiger partial charge on any atom is 0.145 e. The van der Waals surface area contributed by atoms with Crippen molar-refractivity contribution in [2.75, 3.05) is 11.5 Å². The van der Waals surface area contributed by atoms with Crippen LogP contribution in [0.4, 0.5) is 11.6 Å². The van der Waals surface area contributed by atoms with Gasteiger partial charge in [-0.05, 0) is 58.5 Å². The quantitative estimate of drug-likeness (QED) is 0.303. The van der Waals surface area contributed by atoms with Crippen LogP contribution in [0.15, 0.2) is 47.3 Å². The minimum atomic E-state index is -1.10. The van der Waals surface area contributed by atoms with Crippen LogP contribution in [-0.4, -0.2) is 41.9 Å². The molecule has 0 spiro atoms. The lowest BCUT2D eigenvalue weighted by atomic mass is 9.71. The van der Waals surface area contributed by atoms with Gasteiger partial charge in [0.05, 0.1) is 32.9 Å². The first-order valence-corrected chi connectivity index (χ1v) is 11.8. The number of halogens is 1. The molecule has 3 aromatic heterocycles. The van der Waals surface area contributed by atoms with Crippen LogP contribution in [0.25, 0.3) is 21.9 Å². The van der Waals surface area contributed by atoms with E-state index in [1.165, 1.54) is 6.33 Å². The van der Waals surface area contributed by atoms with Crippen molar-refractivity contribution in [1.82, 2.24) is 19.5 Å². The number of aliphatic hydroxyl groups excluding tert-OH is 2. The molecule has 3 heterocycles. The number of anilines is 2. The Balaban J connectivity index is 1.47. The molecule has 174 valence electrons. The number of hydrogen-bond acceptors (Lipinski definition) is 7. The molecule has 34 heavy (non-hydrogen) atoms. The van der Waals surface area contributed by atoms with Gasteiger partial charge in [-0.15, -0.1) is 6.42 Å². The molecule has 5 rings (SSSR count). The van der Waals surface area contributed by atoms with Crippen LogP contribution in [0.5, 0.6) is 0 Å². The molecule has 9 heteroatoms. The first kappa shape index (κ1) is 22.6. The topological polar surface area (TPSA) is 136 Å². The second-order valence-corrected chi connectivity index (χ2v) is 9.95. The van der Waals surface area contributed by atoms with Crippen molar-refractivity contribution >= 4 is 49.5 Å². The number of benzene rings is 1. The summed E-state index contributed by atoms with van der Waals surface area (Å²) in [5, 5.41) is 23.9. The largest absolute Gasteiger partial charge is 0.389 e. The van der Waals surface area contributed by atoms with Crippen LogP contribution in [0.1, 0.15) is 24.9 Å². The average molecular weight is 521 g/mol. The summed E-state index contributed by atoms with van der Waals surface area (Å²) in [5.74, 6) is 3.53. The number of nitrogens with two attached hydrogens (primary N) is 2. The molecule has 1 aromatic carbocycles. The molecule has 0 saturated heterocycles. The summed E-state index contributed by atoms with van der Waals surface area (Å²) in [4.78, 5) is 12.8. The number of pyridine rings is 1. The number of fused-ring (bicyclic) bond motifs is 2. The van der Waals surface area contributed by atoms with Crippen LogP contribution < -0.4 is 11.5 Å². The Morgan fingerprint density at radius 1 is 1.24 bits per heavy atom. The Morgan fingerprint density at radius 2 is 2.03 bits per heavy atom. The van der Waals surface area contributed by atoms with Crippen molar-refractivity contribution in [2.24, 2.45) is 11.3 Å². The van der Waals surface area contributed by atoms with E-state index < -0.39 is 23.7 Å². The summed E-state index contributed by atoms with van der Waals surface area (Å²) in [6.07, 6.45) is 8.10. The van der Waals surface area contributed by atoms with Crippen LogP contribution in [0.3, 0.4) is 0 Å². The number of aromatic nitrogens is 4. The number of rotatable bonds is 4. The van der Waals surface area contributed by atoms with Crippen molar-refractivity contribution in [2.45, 2.75) is 38.0 Å². The molecule has 5 atom stereocenters. The van der Waals surface area contributed by atoms with Gasteiger partial charge < -0.3 is 26.2 Å². The standard InChI is InChI=1S/C25H25BrN6O2/c1-3-25(13(2)8-14-4-5-15-10-17(26)23(28)31-18(15)9-14)11-19(20(33)21(25)34)32-7-6-16-22(27)29-12-30-24(16)32/h1,4-7,9-10,12-13,19-21,33-34H,8,11H2,2H3,(H2,28,31)(H2,27,29,30)/t13?,19-,20+,21+,25-/m1/s1. The van der Waals surface area contributed by atoms with Gasteiger partial charge >= 0.3 is 0 Å². The molecule has 4 aromatic rings. The lowest BCUT2D eigenvalue weighted by Gasteiger charge is -2.34. The highest BCUT2D eigenvalue weighted by atomic mass is 79.9. The third-order valence-corrected chi connectivity index (χ3v) is 7.88. The van der Waals surface area contributed by atoms with Gasteiger partial charge in [0.1, 0.15) is 29.7 Å². The van der Waals surface area contributed by atoms with Crippen LogP contribution in [0, 0.1) is 23.7 Å². The second kappa shape index (κ2) is 8.24. The van der Waals surface area contributed by atoms with Crippen molar-refractivity contribution in [3.8, 4) is 12.3 Å². The minimum Gasteiger partial charge on any atom is -0.389 e. The molecule has 6 N–H and O–H groups in total. The molecule has 0 bridgehead atoms. The molecular weight excluding hydrogens is 496 g/mol. The van der Waals surface area contributed by atoms with E-state index in [0.717, 1.165) is 20.9 Å². The van der Waals surface area contributed by atoms with E-state index in [1.54, 1.807) is 0 Å². The average Bonchev–Trinajstić information content (AvgIpc) is 3.35. The first-order valence-electron chi connectivity index (χ1n) is 11.0. The van der Waals surface area contributed by atoms with Gasteiger partial charge in [-0.1, -0.05) is 25.0 Å². The Hall–Kier alpha value is -3.19. The lowest BCUT2D eigenvalue weighted by Crippen LogP contribution is -2.40. The second-order valence-electron chi connectivity index (χ2n) is 9.10. The van der Waals surface area contributed by atoms with Crippen molar-refractivity contribution in [1.29, 1.82) is 0 Å². The van der Waals surface area contributed by atoms with E-state index in [2.05, 4.69) is 36.8 Å². The number of terminal acetylenes is 1. The van der Waals surface area contributed by atoms with Crippen molar-refractivity contribution < 1.29 is 10.2 Å². The minimum absolute atomic E-state index is 0.126. The van der Waals surface area contributed by atoms with E-state index in [-0.39, 0.29) is 5.92 Å². The molecule has 1 saturated carbocycles. The van der Waals surface area contributed by atoms with Gasteiger partial charge in [-0.3, -0.25) is 0 Å². The smallest absolute Gasteiger partial charge is 0.145 e. The van der Waals surface area contributed by atoms with E-state index in [1.807, 2.05) is 48.0 Å². The van der Waals surface area contributed by atoms with E-state index >= 15 is 0 Å². The highest BCUT2D eigenvalue weighted by Gasteiger charge is 2.55. The Kier molecular flexibility index (Phi) is 5.47. The summed E-state index contributed by atoms with van der Waals surface area (Å²) < 4.78 is 2.60. The molecule has 0 radical (unpaired) electrons. The van der Waals surface area contributed by atoms with Crippen LogP contribution >= 0.6 is 15.9 Å². The molecule has 1 unspecified atom stereocenters. The zero-order chi connectivity index (χ0) is 24.2. The fraction of sp³-hybridized carbons (Fsp3) is 0.320. The molecule has 1 aliphatic carbocycles. The Morgan fingerprint density at radius 3 is 2.79 bits per heavy atom. The number of nitrogens with zero attached hydrogens (tertiary/aromatic N) is 4. The summed E-state index contributed by atoms with van der Waals surface area (Å²) in [7, 11) is 0. The summed E-state index contributed by atoms with van der Waals surface area (Å²) in [6, 6.07) is 9.32. The summed E-state index contributed by atoms with van der Waals surface area (Å²) in [5.41, 5.74) is 13.4. The maximum atomic E-state index is 11.2. The zero-order valence-corrected chi connectivity index (χ0v) is 20.1. The van der Waals surface area contributed by atoms with E-state index in [4.69, 9.17) is 17.9 Å². The fourth-order valence-electron chi connectivity index (χ4n) is 5.27. The first-order chi connectivity index (χ1) is 16.2.